The Morgan fingerprint density at radius 3 is 1.48 bits per heavy atom. The molecule has 0 saturated carbocycles. The van der Waals surface area contributed by atoms with Gasteiger partial charge in [-0.1, -0.05) is 108 Å². The van der Waals surface area contributed by atoms with Crippen molar-refractivity contribution < 1.29 is 28.9 Å². The molecule has 16 heteroatoms. The number of thiazole rings is 2. The highest BCUT2D eigenvalue weighted by Crippen LogP contribution is 2.43. The average molecular weight is 1000 g/mol. The van der Waals surface area contributed by atoms with Crippen molar-refractivity contribution in [3.05, 3.63) is 104 Å². The minimum Gasteiger partial charge on any atom is -0.492 e. The van der Waals surface area contributed by atoms with Crippen molar-refractivity contribution >= 4 is 112 Å². The van der Waals surface area contributed by atoms with Crippen LogP contribution in [0.3, 0.4) is 0 Å². The molecule has 0 radical (unpaired) electrons. The number of anilines is 2. The Hall–Kier alpha value is -4.04. The monoisotopic (exact) mass is 998 g/mol. The molecule has 4 aromatic carbocycles. The van der Waals surface area contributed by atoms with E-state index in [4.69, 9.17) is 75.7 Å². The number of ether oxygens (including phenoxy) is 3. The third-order valence-corrected chi connectivity index (χ3v) is 16.3. The second-order valence-corrected chi connectivity index (χ2v) is 20.7. The lowest BCUT2D eigenvalue weighted by molar-refractivity contribution is -0.140. The molecule has 8 rings (SSSR count). The minimum absolute atomic E-state index is 0.0414. The van der Waals surface area contributed by atoms with Crippen LogP contribution in [0.15, 0.2) is 72.8 Å². The lowest BCUT2D eigenvalue weighted by Gasteiger charge is -2.41. The highest BCUT2D eigenvalue weighted by molar-refractivity contribution is 7.22. The number of benzene rings is 4. The molecule has 0 spiro atoms. The van der Waals surface area contributed by atoms with E-state index in [1.807, 2.05) is 48.5 Å². The van der Waals surface area contributed by atoms with Gasteiger partial charge in [-0.2, -0.15) is 0 Å². The third-order valence-electron chi connectivity index (χ3n) is 13.1. The number of hydrogen-bond acceptors (Lipinski definition) is 11. The van der Waals surface area contributed by atoms with E-state index in [0.717, 1.165) is 124 Å². The average Bonchev–Trinajstić information content (AvgIpc) is 3.93. The molecule has 65 heavy (non-hydrogen) atoms. The van der Waals surface area contributed by atoms with Gasteiger partial charge >= 0.3 is 11.9 Å². The molecular weight excluding hydrogens is 947 g/mol. The van der Waals surface area contributed by atoms with Gasteiger partial charge in [0.2, 0.25) is 0 Å². The number of fused-ring (bicyclic) bond motifs is 2. The highest BCUT2D eigenvalue weighted by Gasteiger charge is 2.35. The first-order valence-corrected chi connectivity index (χ1v) is 25.2. The molecule has 0 aliphatic carbocycles. The van der Waals surface area contributed by atoms with E-state index >= 15 is 0 Å². The second-order valence-electron chi connectivity index (χ2n) is 16.9. The summed E-state index contributed by atoms with van der Waals surface area (Å²) < 4.78 is 19.1. The summed E-state index contributed by atoms with van der Waals surface area (Å²) in [6.45, 7) is 9.56. The van der Waals surface area contributed by atoms with Gasteiger partial charge in [0, 0.05) is 36.2 Å². The van der Waals surface area contributed by atoms with Gasteiger partial charge in [-0.05, 0) is 121 Å². The Kier molecular flexibility index (Phi) is 16.7. The number of carbonyl (C=O) groups is 2. The van der Waals surface area contributed by atoms with E-state index in [2.05, 4.69) is 23.6 Å². The summed E-state index contributed by atoms with van der Waals surface area (Å²) in [5, 5.41) is 13.7. The molecule has 0 amide bonds. The first-order chi connectivity index (χ1) is 31.3. The lowest BCUT2D eigenvalue weighted by Crippen LogP contribution is -2.40. The summed E-state index contributed by atoms with van der Waals surface area (Å²) in [6.07, 6.45) is 8.61. The van der Waals surface area contributed by atoms with Crippen LogP contribution in [0.5, 0.6) is 11.5 Å². The quantitative estimate of drug-likeness (QED) is 0.0940. The first-order valence-electron chi connectivity index (χ1n) is 22.0. The van der Waals surface area contributed by atoms with E-state index in [1.165, 1.54) is 7.11 Å². The molecule has 1 N–H and O–H groups in total. The van der Waals surface area contributed by atoms with E-state index in [1.54, 1.807) is 46.9 Å². The van der Waals surface area contributed by atoms with E-state index < -0.39 is 5.97 Å². The smallest absolute Gasteiger partial charge is 0.309 e. The van der Waals surface area contributed by atoms with Crippen molar-refractivity contribution in [2.45, 2.75) is 78.1 Å². The summed E-state index contributed by atoms with van der Waals surface area (Å²) in [5.41, 5.74) is 3.99. The number of carboxylic acid groups (broad SMARTS) is 1. The van der Waals surface area contributed by atoms with Gasteiger partial charge in [-0.3, -0.25) is 9.59 Å². The van der Waals surface area contributed by atoms with Crippen LogP contribution >= 0.6 is 69.1 Å². The van der Waals surface area contributed by atoms with Crippen LogP contribution in [0.25, 0.3) is 20.4 Å². The molecule has 2 aromatic heterocycles. The zero-order valence-corrected chi connectivity index (χ0v) is 41.5. The molecule has 10 nitrogen and oxygen atoms in total. The predicted octanol–water partition coefficient (Wildman–Crippen LogP) is 13.5. The topological polar surface area (TPSA) is 114 Å². The fraction of sp³-hybridized carbons (Fsp3) is 0.429. The number of rotatable bonds is 16. The molecule has 2 saturated heterocycles. The molecule has 2 fully saturated rings. The van der Waals surface area contributed by atoms with Gasteiger partial charge in [0.15, 0.2) is 10.3 Å². The fourth-order valence-electron chi connectivity index (χ4n) is 8.65. The first kappa shape index (κ1) is 48.9. The van der Waals surface area contributed by atoms with Crippen molar-refractivity contribution in [2.24, 2.45) is 10.8 Å². The Balaban J connectivity index is 0.000000194. The molecule has 0 unspecified atom stereocenters. The van der Waals surface area contributed by atoms with Crippen LogP contribution in [0.1, 0.15) is 76.3 Å². The van der Waals surface area contributed by atoms with Crippen molar-refractivity contribution in [3.63, 3.8) is 0 Å². The summed E-state index contributed by atoms with van der Waals surface area (Å²) in [4.78, 5) is 36.9. The molecule has 4 heterocycles. The van der Waals surface area contributed by atoms with Gasteiger partial charge in [-0.25, -0.2) is 9.97 Å². The van der Waals surface area contributed by atoms with Crippen molar-refractivity contribution in [2.75, 3.05) is 56.3 Å². The number of aliphatic carboxylic acids is 1. The number of aromatic nitrogens is 2. The third kappa shape index (κ3) is 12.7. The van der Waals surface area contributed by atoms with Crippen LogP contribution in [-0.4, -0.2) is 73.5 Å². The number of carbonyl (C=O) groups excluding carboxylic acids is 1. The maximum atomic E-state index is 11.6. The number of nitrogens with zero attached hydrogens (tertiary/aromatic N) is 4. The molecule has 2 aliphatic rings. The van der Waals surface area contributed by atoms with Gasteiger partial charge < -0.3 is 29.1 Å². The zero-order chi connectivity index (χ0) is 46.1. The summed E-state index contributed by atoms with van der Waals surface area (Å²) in [6, 6.07) is 22.3. The Morgan fingerprint density at radius 2 is 1.08 bits per heavy atom. The van der Waals surface area contributed by atoms with Gasteiger partial charge in [0.25, 0.3) is 0 Å². The summed E-state index contributed by atoms with van der Waals surface area (Å²) >= 11 is 28.2. The maximum Gasteiger partial charge on any atom is 0.309 e. The summed E-state index contributed by atoms with van der Waals surface area (Å²) in [7, 11) is 1.39. The molecule has 2 aliphatic heterocycles. The lowest BCUT2D eigenvalue weighted by atomic mass is 9.74. The molecule has 6 aromatic rings. The predicted molar refractivity (Wildman–Crippen MR) is 268 cm³/mol. The van der Waals surface area contributed by atoms with Gasteiger partial charge in [0.05, 0.1) is 63.6 Å². The Morgan fingerprint density at radius 1 is 0.646 bits per heavy atom. The zero-order valence-electron chi connectivity index (χ0n) is 36.8. The molecule has 0 bridgehead atoms. The second kappa shape index (κ2) is 22.2. The van der Waals surface area contributed by atoms with Crippen LogP contribution in [0.4, 0.5) is 10.3 Å². The van der Waals surface area contributed by atoms with Crippen LogP contribution in [0.2, 0.25) is 20.1 Å². The number of methoxy groups -OCH3 is 1. The normalized spacial score (nSPS) is 15.7. The van der Waals surface area contributed by atoms with Gasteiger partial charge in [-0.15, -0.1) is 0 Å². The molecule has 346 valence electrons. The van der Waals surface area contributed by atoms with Crippen molar-refractivity contribution in [1.82, 2.24) is 9.97 Å². The number of esters is 1. The van der Waals surface area contributed by atoms with Crippen LogP contribution in [0, 0.1) is 10.8 Å². The van der Waals surface area contributed by atoms with Crippen molar-refractivity contribution in [1.29, 1.82) is 0 Å². The van der Waals surface area contributed by atoms with E-state index in [-0.39, 0.29) is 29.6 Å². The molecule has 0 atom stereocenters. The summed E-state index contributed by atoms with van der Waals surface area (Å²) in [5.74, 6) is 0.0273. The standard InChI is InChI=1S/C25H28Cl2N2O3S.C24H26Cl2N2O3S/c1-3-25(10-13-32-21-14-17(4-6-19(21)27)15-23(30)31-2)8-11-29(12-9-25)24-28-20-7-5-18(26)16-22(20)33-24;1-2-24(9-12-31-20-13-16(14-22(29)30)3-5-18(20)26)7-10-28(11-8-24)23-27-19-6-4-17(25)15-21(19)32-23/h4-7,14,16H,3,8-13,15H2,1-2H3;3-6,13,15H,2,7-12,14H2,1H3,(H,29,30). The largest absolute Gasteiger partial charge is 0.492 e. The number of piperidine rings is 2. The van der Waals surface area contributed by atoms with Gasteiger partial charge in [0.1, 0.15) is 11.5 Å². The highest BCUT2D eigenvalue weighted by atomic mass is 35.5. The van der Waals surface area contributed by atoms with E-state index in [9.17, 15) is 9.59 Å². The molecular formula is C49H54Cl4N4O6S2. The SMILES string of the molecule is CCC1(CCOc2cc(CC(=O)O)ccc2Cl)CCN(c2nc3ccc(Cl)cc3s2)CC1.CCC1(CCOc2cc(CC(=O)OC)ccc2Cl)CCN(c2nc3ccc(Cl)cc3s2)CC1. The van der Waals surface area contributed by atoms with Crippen molar-refractivity contribution in [3.8, 4) is 11.5 Å². The van der Waals surface area contributed by atoms with Crippen LogP contribution in [-0.2, 0) is 27.2 Å². The Bertz CT molecular complexity index is 2590. The van der Waals surface area contributed by atoms with Crippen LogP contribution < -0.4 is 19.3 Å². The number of carboxylic acids is 1. The fourth-order valence-corrected chi connectivity index (χ4v) is 11.6. The van der Waals surface area contributed by atoms with E-state index in [0.29, 0.717) is 40.3 Å². The number of hydrogen-bond donors (Lipinski definition) is 1. The Labute approximate surface area is 408 Å². The maximum absolute atomic E-state index is 11.6. The minimum atomic E-state index is -0.869. The number of halogens is 4.